The number of aromatic nitrogens is 5. The van der Waals surface area contributed by atoms with E-state index in [-0.39, 0.29) is 25.2 Å². The number of piperidine rings is 1. The first-order chi connectivity index (χ1) is 18.6. The molecule has 1 saturated heterocycles. The summed E-state index contributed by atoms with van der Waals surface area (Å²) < 4.78 is 58.4. The fourth-order valence-electron chi connectivity index (χ4n) is 5.95. The third-order valence-electron chi connectivity index (χ3n) is 7.93. The van der Waals surface area contributed by atoms with E-state index in [0.29, 0.717) is 46.6 Å². The van der Waals surface area contributed by atoms with Gasteiger partial charge in [-0.05, 0) is 49.1 Å². The Labute approximate surface area is 220 Å². The third-order valence-corrected chi connectivity index (χ3v) is 7.93. The fourth-order valence-corrected chi connectivity index (χ4v) is 5.95. The van der Waals surface area contributed by atoms with Crippen LogP contribution in [0.5, 0.6) is 0 Å². The maximum absolute atomic E-state index is 14.5. The average Bonchev–Trinajstić information content (AvgIpc) is 3.32. The summed E-state index contributed by atoms with van der Waals surface area (Å²) in [5.41, 5.74) is 13.9. The number of halogens is 4. The Kier molecular flexibility index (Phi) is 5.95. The molecule has 13 heteroatoms. The van der Waals surface area contributed by atoms with Crippen molar-refractivity contribution in [2.45, 2.75) is 55.8 Å². The van der Waals surface area contributed by atoms with Gasteiger partial charge in [-0.2, -0.15) is 0 Å². The minimum atomic E-state index is -3.28. The highest BCUT2D eigenvalue weighted by atomic mass is 19.3. The SMILES string of the molecule is Nc1ncnc2c1ncn2Cc1cc(-c2ccc(F)c(F)c2)ncc1N1CCC[C@@]2(N)C1CCC(F)(F)[C@@H]2O. The number of benzene rings is 1. The number of imidazole rings is 1. The summed E-state index contributed by atoms with van der Waals surface area (Å²) in [7, 11) is 0. The second kappa shape index (κ2) is 9.12. The Morgan fingerprint density at radius 1 is 1.05 bits per heavy atom. The molecule has 4 aromatic rings. The molecule has 0 amide bonds. The van der Waals surface area contributed by atoms with Crippen molar-refractivity contribution in [2.75, 3.05) is 17.2 Å². The zero-order valence-corrected chi connectivity index (χ0v) is 20.7. The highest BCUT2D eigenvalue weighted by Gasteiger charge is 2.60. The predicted molar refractivity (Wildman–Crippen MR) is 136 cm³/mol. The molecule has 0 bridgehead atoms. The van der Waals surface area contributed by atoms with E-state index >= 15 is 0 Å². The molecule has 4 heterocycles. The van der Waals surface area contributed by atoms with Crippen LogP contribution in [0.2, 0.25) is 0 Å². The number of nitrogens with two attached hydrogens (primary N) is 2. The fraction of sp³-hybridized carbons (Fsp3) is 0.385. The number of fused-ring (bicyclic) bond motifs is 2. The molecule has 5 N–H and O–H groups in total. The molecule has 39 heavy (non-hydrogen) atoms. The van der Waals surface area contributed by atoms with Gasteiger partial charge in [0.05, 0.1) is 36.0 Å². The maximum Gasteiger partial charge on any atom is 0.275 e. The summed E-state index contributed by atoms with van der Waals surface area (Å²) in [6.45, 7) is 0.738. The second-order valence-electron chi connectivity index (χ2n) is 10.3. The van der Waals surface area contributed by atoms with Crippen molar-refractivity contribution in [3.8, 4) is 11.3 Å². The van der Waals surface area contributed by atoms with E-state index in [1.165, 1.54) is 12.4 Å². The van der Waals surface area contributed by atoms with Crippen molar-refractivity contribution in [1.82, 2.24) is 24.5 Å². The van der Waals surface area contributed by atoms with Gasteiger partial charge in [0.2, 0.25) is 0 Å². The number of hydrogen-bond donors (Lipinski definition) is 3. The average molecular weight is 543 g/mol. The van der Waals surface area contributed by atoms with E-state index in [4.69, 9.17) is 11.5 Å². The summed E-state index contributed by atoms with van der Waals surface area (Å²) in [5, 5.41) is 10.6. The van der Waals surface area contributed by atoms with Gasteiger partial charge in [-0.3, -0.25) is 4.98 Å². The van der Waals surface area contributed by atoms with Gasteiger partial charge in [0.1, 0.15) is 17.9 Å². The molecule has 0 radical (unpaired) electrons. The summed E-state index contributed by atoms with van der Waals surface area (Å²) in [4.78, 5) is 19.0. The van der Waals surface area contributed by atoms with E-state index in [9.17, 15) is 22.7 Å². The molecule has 1 unspecified atom stereocenters. The number of pyridine rings is 1. The molecule has 3 atom stereocenters. The molecule has 0 spiro atoms. The molecule has 204 valence electrons. The monoisotopic (exact) mass is 542 g/mol. The molecule has 1 aliphatic heterocycles. The number of nitrogen functional groups attached to an aromatic ring is 1. The van der Waals surface area contributed by atoms with Crippen molar-refractivity contribution in [1.29, 1.82) is 0 Å². The zero-order chi connectivity index (χ0) is 27.5. The lowest BCUT2D eigenvalue weighted by Crippen LogP contribution is -2.74. The van der Waals surface area contributed by atoms with Gasteiger partial charge in [0.25, 0.3) is 5.92 Å². The quantitative estimate of drug-likeness (QED) is 0.335. The number of hydrogen-bond acceptors (Lipinski definition) is 8. The standard InChI is InChI=1S/C26H26F4N8O/c27-16-3-2-14(8-17(16)28)18-9-15(11-37-13-36-21-22(31)34-12-35-23(21)37)19(10-33-18)38-7-1-5-25(32)20(38)4-6-26(29,30)24(25)39/h2-3,8-10,12-13,20,24,39H,1,4-7,11,32H2,(H2,31,34,35)/t20?,24-,25-/m1/s1. The lowest BCUT2D eigenvalue weighted by molar-refractivity contribution is -0.172. The Bertz CT molecular complexity index is 1560. The Balaban J connectivity index is 1.46. The van der Waals surface area contributed by atoms with Crippen LogP contribution in [0, 0.1) is 11.6 Å². The van der Waals surface area contributed by atoms with Crippen LogP contribution < -0.4 is 16.4 Å². The molecule has 6 rings (SSSR count). The van der Waals surface area contributed by atoms with Crippen molar-refractivity contribution in [3.63, 3.8) is 0 Å². The lowest BCUT2D eigenvalue weighted by Gasteiger charge is -2.55. The lowest BCUT2D eigenvalue weighted by atomic mass is 9.68. The molecular formula is C26H26F4N8O. The molecule has 9 nitrogen and oxygen atoms in total. The van der Waals surface area contributed by atoms with Crippen LogP contribution in [0.4, 0.5) is 29.1 Å². The molecule has 1 aromatic carbocycles. The van der Waals surface area contributed by atoms with Gasteiger partial charge in [-0.25, -0.2) is 32.5 Å². The number of rotatable bonds is 4. The van der Waals surface area contributed by atoms with E-state index in [1.54, 1.807) is 23.2 Å². The van der Waals surface area contributed by atoms with Gasteiger partial charge in [-0.15, -0.1) is 0 Å². The molecule has 1 saturated carbocycles. The predicted octanol–water partition coefficient (Wildman–Crippen LogP) is 3.25. The summed E-state index contributed by atoms with van der Waals surface area (Å²) in [6.07, 6.45) is 2.82. The first-order valence-corrected chi connectivity index (χ1v) is 12.6. The van der Waals surface area contributed by atoms with Gasteiger partial charge >= 0.3 is 0 Å². The normalized spacial score (nSPS) is 24.6. The van der Waals surface area contributed by atoms with E-state index in [0.717, 1.165) is 12.1 Å². The summed E-state index contributed by atoms with van der Waals surface area (Å²) >= 11 is 0. The van der Waals surface area contributed by atoms with Gasteiger partial charge in [0.15, 0.2) is 23.1 Å². The number of alkyl halides is 2. The number of aliphatic hydroxyl groups is 1. The smallest absolute Gasteiger partial charge is 0.275 e. The Morgan fingerprint density at radius 3 is 2.67 bits per heavy atom. The van der Waals surface area contributed by atoms with Gasteiger partial charge in [0, 0.05) is 24.6 Å². The highest BCUT2D eigenvalue weighted by molar-refractivity contribution is 5.81. The first kappa shape index (κ1) is 25.4. The minimum absolute atomic E-state index is 0.0860. The van der Waals surface area contributed by atoms with Crippen molar-refractivity contribution in [3.05, 3.63) is 60.3 Å². The van der Waals surface area contributed by atoms with E-state index in [1.807, 2.05) is 4.90 Å². The number of anilines is 2. The van der Waals surface area contributed by atoms with Crippen LogP contribution in [0.25, 0.3) is 22.4 Å². The second-order valence-corrected chi connectivity index (χ2v) is 10.3. The van der Waals surface area contributed by atoms with Crippen molar-refractivity contribution >= 4 is 22.7 Å². The number of aliphatic hydroxyl groups excluding tert-OH is 1. The summed E-state index contributed by atoms with van der Waals surface area (Å²) in [5.74, 6) is -5.04. The van der Waals surface area contributed by atoms with Crippen LogP contribution in [-0.4, -0.2) is 59.8 Å². The highest BCUT2D eigenvalue weighted by Crippen LogP contribution is 2.46. The van der Waals surface area contributed by atoms with Crippen LogP contribution >= 0.6 is 0 Å². The molecule has 2 fully saturated rings. The van der Waals surface area contributed by atoms with E-state index < -0.39 is 41.7 Å². The first-order valence-electron chi connectivity index (χ1n) is 12.6. The van der Waals surface area contributed by atoms with Gasteiger partial charge in [-0.1, -0.05) is 0 Å². The maximum atomic E-state index is 14.5. The van der Waals surface area contributed by atoms with Gasteiger partial charge < -0.3 is 26.0 Å². The Morgan fingerprint density at radius 2 is 1.87 bits per heavy atom. The Hall–Kier alpha value is -3.84. The van der Waals surface area contributed by atoms with Crippen molar-refractivity contribution < 1.29 is 22.7 Å². The van der Waals surface area contributed by atoms with Crippen LogP contribution in [-0.2, 0) is 6.54 Å². The number of nitrogens with zero attached hydrogens (tertiary/aromatic N) is 6. The van der Waals surface area contributed by atoms with Crippen LogP contribution in [0.15, 0.2) is 43.1 Å². The van der Waals surface area contributed by atoms with Crippen molar-refractivity contribution in [2.24, 2.45) is 5.73 Å². The van der Waals surface area contributed by atoms with E-state index in [2.05, 4.69) is 19.9 Å². The van der Waals surface area contributed by atoms with Crippen LogP contribution in [0.1, 0.15) is 31.2 Å². The largest absolute Gasteiger partial charge is 0.385 e. The molecule has 3 aromatic heterocycles. The third kappa shape index (κ3) is 4.16. The topological polar surface area (TPSA) is 132 Å². The minimum Gasteiger partial charge on any atom is -0.385 e. The molecule has 1 aliphatic carbocycles. The molecular weight excluding hydrogens is 516 g/mol. The molecule has 2 aliphatic rings. The van der Waals surface area contributed by atoms with Crippen LogP contribution in [0.3, 0.4) is 0 Å². The summed E-state index contributed by atoms with van der Waals surface area (Å²) in [6, 6.07) is 4.69. The zero-order valence-electron chi connectivity index (χ0n) is 20.7.